The lowest BCUT2D eigenvalue weighted by Crippen LogP contribution is -2.41. The molecule has 7 nitrogen and oxygen atoms in total. The molecule has 1 amide bonds. The van der Waals surface area contributed by atoms with Gasteiger partial charge in [-0.05, 0) is 44.2 Å². The Morgan fingerprint density at radius 3 is 2.89 bits per heavy atom. The molecular formula is C21H27N5O2. The highest BCUT2D eigenvalue weighted by atomic mass is 16.2. The molecule has 3 heterocycles. The van der Waals surface area contributed by atoms with Crippen LogP contribution in [0.5, 0.6) is 0 Å². The molecule has 0 spiro atoms. The van der Waals surface area contributed by atoms with Gasteiger partial charge in [0.1, 0.15) is 5.69 Å². The molecule has 0 radical (unpaired) electrons. The molecule has 0 aromatic carbocycles. The average molecular weight is 381 g/mol. The SMILES string of the molecule is CCN(c1cc(-c2ccncc2)c[nH]c1=O)C1CCN(C(=O)/C=C/CNC)C1. The minimum atomic E-state index is -0.113. The Morgan fingerprint density at radius 2 is 2.18 bits per heavy atom. The molecule has 2 N–H and O–H groups in total. The average Bonchev–Trinajstić information content (AvgIpc) is 3.21. The van der Waals surface area contributed by atoms with Crippen LogP contribution in [0.25, 0.3) is 11.1 Å². The lowest BCUT2D eigenvalue weighted by molar-refractivity contribution is -0.125. The van der Waals surface area contributed by atoms with E-state index >= 15 is 0 Å². The molecule has 1 aliphatic rings. The van der Waals surface area contributed by atoms with Crippen LogP contribution in [-0.2, 0) is 4.79 Å². The normalized spacial score (nSPS) is 16.6. The molecule has 0 aliphatic carbocycles. The fourth-order valence-corrected chi connectivity index (χ4v) is 3.60. The minimum absolute atomic E-state index is 0.0215. The Balaban J connectivity index is 1.79. The number of rotatable bonds is 7. The number of likely N-dealkylation sites (N-methyl/N-ethyl adjacent to an activating group) is 2. The number of hydrogen-bond acceptors (Lipinski definition) is 5. The first-order valence-electron chi connectivity index (χ1n) is 9.63. The molecule has 1 aliphatic heterocycles. The number of carbonyl (C=O) groups is 1. The predicted molar refractivity (Wildman–Crippen MR) is 111 cm³/mol. The van der Waals surface area contributed by atoms with Gasteiger partial charge in [0.25, 0.3) is 5.56 Å². The number of likely N-dealkylation sites (tertiary alicyclic amines) is 1. The summed E-state index contributed by atoms with van der Waals surface area (Å²) in [4.78, 5) is 35.7. The van der Waals surface area contributed by atoms with Crippen LogP contribution in [0.4, 0.5) is 5.69 Å². The number of H-pyrrole nitrogens is 1. The zero-order valence-corrected chi connectivity index (χ0v) is 16.4. The van der Waals surface area contributed by atoms with Crippen molar-refractivity contribution in [3.8, 4) is 11.1 Å². The van der Waals surface area contributed by atoms with Gasteiger partial charge in [0.05, 0.1) is 0 Å². The third-order valence-electron chi connectivity index (χ3n) is 5.05. The van der Waals surface area contributed by atoms with E-state index in [0.717, 1.165) is 17.5 Å². The number of amides is 1. The van der Waals surface area contributed by atoms with E-state index in [0.29, 0.717) is 31.9 Å². The van der Waals surface area contributed by atoms with Crippen molar-refractivity contribution in [3.05, 3.63) is 59.3 Å². The highest BCUT2D eigenvalue weighted by Crippen LogP contribution is 2.25. The van der Waals surface area contributed by atoms with E-state index in [1.54, 1.807) is 24.7 Å². The molecule has 1 saturated heterocycles. The van der Waals surface area contributed by atoms with Gasteiger partial charge in [-0.25, -0.2) is 0 Å². The number of aromatic nitrogens is 2. The van der Waals surface area contributed by atoms with E-state index in [-0.39, 0.29) is 17.5 Å². The largest absolute Gasteiger partial charge is 0.363 e. The van der Waals surface area contributed by atoms with Crippen molar-refractivity contribution in [2.75, 3.05) is 38.1 Å². The highest BCUT2D eigenvalue weighted by molar-refractivity contribution is 5.88. The van der Waals surface area contributed by atoms with E-state index in [2.05, 4.69) is 20.2 Å². The van der Waals surface area contributed by atoms with E-state index in [9.17, 15) is 9.59 Å². The van der Waals surface area contributed by atoms with E-state index in [1.807, 2.05) is 43.1 Å². The lowest BCUT2D eigenvalue weighted by Gasteiger charge is -2.29. The van der Waals surface area contributed by atoms with Crippen LogP contribution >= 0.6 is 0 Å². The standard InChI is InChI=1S/C21H27N5O2/c1-3-26(18-8-12-25(15-18)20(27)5-4-9-22-2)19-13-17(14-24-21(19)28)16-6-10-23-11-7-16/h4-7,10-11,13-14,18,22H,3,8-9,12,15H2,1-2H3,(H,24,28)/b5-4+. The van der Waals surface area contributed by atoms with Crippen LogP contribution in [0.3, 0.4) is 0 Å². The summed E-state index contributed by atoms with van der Waals surface area (Å²) in [5, 5.41) is 2.99. The third-order valence-corrected chi connectivity index (χ3v) is 5.05. The summed E-state index contributed by atoms with van der Waals surface area (Å²) in [5.74, 6) is 0.0215. The van der Waals surface area contributed by atoms with E-state index in [4.69, 9.17) is 0 Å². The van der Waals surface area contributed by atoms with Gasteiger partial charge in [-0.3, -0.25) is 14.6 Å². The summed E-state index contributed by atoms with van der Waals surface area (Å²) in [6, 6.07) is 5.89. The first-order valence-corrected chi connectivity index (χ1v) is 9.63. The first-order chi connectivity index (χ1) is 13.6. The third kappa shape index (κ3) is 4.48. The van der Waals surface area contributed by atoms with Gasteiger partial charge in [-0.2, -0.15) is 0 Å². The van der Waals surface area contributed by atoms with Crippen LogP contribution in [0.15, 0.2) is 53.7 Å². The maximum Gasteiger partial charge on any atom is 0.271 e. The number of pyridine rings is 2. The quantitative estimate of drug-likeness (QED) is 0.713. The topological polar surface area (TPSA) is 81.3 Å². The zero-order chi connectivity index (χ0) is 19.9. The second-order valence-corrected chi connectivity index (χ2v) is 6.81. The second-order valence-electron chi connectivity index (χ2n) is 6.81. The zero-order valence-electron chi connectivity index (χ0n) is 16.4. The number of nitrogens with one attached hydrogen (secondary N) is 2. The molecule has 148 valence electrons. The van der Waals surface area contributed by atoms with Gasteiger partial charge in [0, 0.05) is 62.5 Å². The molecule has 28 heavy (non-hydrogen) atoms. The molecule has 1 atom stereocenters. The summed E-state index contributed by atoms with van der Waals surface area (Å²) in [6.07, 6.45) is 9.49. The molecule has 2 aromatic heterocycles. The first kappa shape index (κ1) is 19.8. The van der Waals surface area contributed by atoms with Crippen LogP contribution in [0.1, 0.15) is 13.3 Å². The van der Waals surface area contributed by atoms with Gasteiger partial charge in [0.15, 0.2) is 0 Å². The molecule has 1 unspecified atom stereocenters. The molecule has 3 rings (SSSR count). The number of anilines is 1. The maximum absolute atomic E-state index is 12.5. The fraction of sp³-hybridized carbons (Fsp3) is 0.381. The van der Waals surface area contributed by atoms with Crippen molar-refractivity contribution in [2.24, 2.45) is 0 Å². The summed E-state index contributed by atoms with van der Waals surface area (Å²) in [5.41, 5.74) is 2.47. The Labute approximate surface area is 165 Å². The van der Waals surface area contributed by atoms with Gasteiger partial charge < -0.3 is 20.1 Å². The van der Waals surface area contributed by atoms with Gasteiger partial charge in [0.2, 0.25) is 5.91 Å². The molecule has 0 saturated carbocycles. The van der Waals surface area contributed by atoms with Crippen molar-refractivity contribution in [3.63, 3.8) is 0 Å². The Bertz CT molecular complexity index is 878. The lowest BCUT2D eigenvalue weighted by atomic mass is 10.1. The van der Waals surface area contributed by atoms with Gasteiger partial charge in [-0.15, -0.1) is 0 Å². The Morgan fingerprint density at radius 1 is 1.39 bits per heavy atom. The summed E-state index contributed by atoms with van der Waals surface area (Å²) < 4.78 is 0. The van der Waals surface area contributed by atoms with E-state index in [1.165, 1.54) is 0 Å². The highest BCUT2D eigenvalue weighted by Gasteiger charge is 2.30. The van der Waals surface area contributed by atoms with Crippen molar-refractivity contribution < 1.29 is 4.79 Å². The van der Waals surface area contributed by atoms with Crippen LogP contribution in [0, 0.1) is 0 Å². The maximum atomic E-state index is 12.5. The minimum Gasteiger partial charge on any atom is -0.363 e. The van der Waals surface area contributed by atoms with Crippen LogP contribution in [0.2, 0.25) is 0 Å². The van der Waals surface area contributed by atoms with Crippen LogP contribution in [-0.4, -0.2) is 60.0 Å². The van der Waals surface area contributed by atoms with Crippen molar-refractivity contribution in [1.82, 2.24) is 20.2 Å². The van der Waals surface area contributed by atoms with Crippen LogP contribution < -0.4 is 15.8 Å². The van der Waals surface area contributed by atoms with Gasteiger partial charge in [-0.1, -0.05) is 6.08 Å². The fourth-order valence-electron chi connectivity index (χ4n) is 3.60. The number of nitrogens with zero attached hydrogens (tertiary/aromatic N) is 3. The van der Waals surface area contributed by atoms with Crippen molar-refractivity contribution in [2.45, 2.75) is 19.4 Å². The Kier molecular flexibility index (Phi) is 6.60. The molecule has 7 heteroatoms. The number of aromatic amines is 1. The number of carbonyl (C=O) groups excluding carboxylic acids is 1. The Hall–Kier alpha value is -2.93. The molecule has 0 bridgehead atoms. The second kappa shape index (κ2) is 9.32. The summed E-state index contributed by atoms with van der Waals surface area (Å²) in [6.45, 7) is 4.73. The smallest absolute Gasteiger partial charge is 0.271 e. The summed E-state index contributed by atoms with van der Waals surface area (Å²) in [7, 11) is 1.84. The predicted octanol–water partition coefficient (Wildman–Crippen LogP) is 1.64. The van der Waals surface area contributed by atoms with E-state index < -0.39 is 0 Å². The number of hydrogen-bond donors (Lipinski definition) is 2. The molecule has 1 fully saturated rings. The van der Waals surface area contributed by atoms with Gasteiger partial charge >= 0.3 is 0 Å². The molecule has 2 aromatic rings. The molecular weight excluding hydrogens is 354 g/mol. The summed E-state index contributed by atoms with van der Waals surface area (Å²) >= 11 is 0. The monoisotopic (exact) mass is 381 g/mol. The van der Waals surface area contributed by atoms with Crippen molar-refractivity contribution >= 4 is 11.6 Å². The van der Waals surface area contributed by atoms with Crippen molar-refractivity contribution in [1.29, 1.82) is 0 Å².